The Bertz CT molecular complexity index is 1140. The molecule has 1 aromatic carbocycles. The van der Waals surface area contributed by atoms with E-state index in [1.54, 1.807) is 11.8 Å². The number of hydrogen-bond acceptors (Lipinski definition) is 8. The van der Waals surface area contributed by atoms with Crippen molar-refractivity contribution in [2.24, 2.45) is 5.92 Å². The van der Waals surface area contributed by atoms with Gasteiger partial charge in [0.2, 0.25) is 5.91 Å². The lowest BCUT2D eigenvalue weighted by atomic mass is 9.90. The molecule has 0 bridgehead atoms. The topological polar surface area (TPSA) is 114 Å². The number of carbonyl (C=O) groups is 2. The van der Waals surface area contributed by atoms with Crippen molar-refractivity contribution in [2.75, 3.05) is 18.6 Å². The number of aliphatic hydroxyl groups is 1. The highest BCUT2D eigenvalue weighted by Crippen LogP contribution is 2.48. The maximum absolute atomic E-state index is 13.1. The molecule has 0 radical (unpaired) electrons. The fraction of sp³-hybridized carbons (Fsp3) is 0.375. The fourth-order valence-corrected chi connectivity index (χ4v) is 6.00. The van der Waals surface area contributed by atoms with E-state index >= 15 is 0 Å². The fourth-order valence-electron chi connectivity index (χ4n) is 4.28. The number of nitrogens with zero attached hydrogens (tertiary/aromatic N) is 3. The number of rotatable bonds is 11. The number of nitro benzene ring substituents is 1. The van der Waals surface area contributed by atoms with E-state index in [2.05, 4.69) is 4.57 Å². The lowest BCUT2D eigenvalue weighted by molar-refractivity contribution is -0.692. The number of thioether (sulfide) groups is 2. The summed E-state index contributed by atoms with van der Waals surface area (Å²) in [5, 5.41) is 20.5. The molecule has 1 fully saturated rings. The number of hydrogen-bond donors (Lipinski definition) is 1. The molecule has 3 heterocycles. The summed E-state index contributed by atoms with van der Waals surface area (Å²) in [6, 6.07) is 9.75. The van der Waals surface area contributed by atoms with E-state index in [0.29, 0.717) is 24.2 Å². The maximum atomic E-state index is 13.1. The molecule has 0 spiro atoms. The van der Waals surface area contributed by atoms with Gasteiger partial charge in [0.15, 0.2) is 18.9 Å². The molecule has 0 aliphatic carbocycles. The van der Waals surface area contributed by atoms with Crippen molar-refractivity contribution >= 4 is 41.1 Å². The van der Waals surface area contributed by atoms with Crippen molar-refractivity contribution in [3.8, 4) is 0 Å². The van der Waals surface area contributed by atoms with E-state index in [0.717, 1.165) is 11.4 Å². The van der Waals surface area contributed by atoms with Crippen LogP contribution < -0.4 is 4.57 Å². The second-order valence-corrected chi connectivity index (χ2v) is 10.2. The van der Waals surface area contributed by atoms with Gasteiger partial charge in [0, 0.05) is 53.0 Å². The normalized spacial score (nSPS) is 18.9. The molecule has 2 aliphatic rings. The van der Waals surface area contributed by atoms with E-state index in [9.17, 15) is 24.8 Å². The van der Waals surface area contributed by atoms with Crippen LogP contribution in [-0.2, 0) is 27.5 Å². The Morgan fingerprint density at radius 3 is 2.57 bits per heavy atom. The molecule has 0 saturated carbocycles. The number of fused-ring (bicyclic) bond motifs is 1. The van der Waals surface area contributed by atoms with Crippen LogP contribution in [0.4, 0.5) is 5.69 Å². The predicted octanol–water partition coefficient (Wildman–Crippen LogP) is 2.91. The highest BCUT2D eigenvalue weighted by molar-refractivity contribution is 8.03. The predicted molar refractivity (Wildman–Crippen MR) is 131 cm³/mol. The Morgan fingerprint density at radius 1 is 1.26 bits per heavy atom. The van der Waals surface area contributed by atoms with Crippen LogP contribution in [-0.4, -0.2) is 51.5 Å². The summed E-state index contributed by atoms with van der Waals surface area (Å²) in [5.74, 6) is -0.137. The highest BCUT2D eigenvalue weighted by atomic mass is 32.2. The average molecular weight is 517 g/mol. The number of amides is 1. The number of esters is 1. The Labute approximate surface area is 211 Å². The summed E-state index contributed by atoms with van der Waals surface area (Å²) in [5.41, 5.74) is 0.832. The summed E-state index contributed by atoms with van der Waals surface area (Å²) in [6.07, 6.45) is 6.86. The number of carbonyl (C=O) groups excluding carboxylic acids is 2. The van der Waals surface area contributed by atoms with E-state index in [4.69, 9.17) is 4.74 Å². The molecule has 1 unspecified atom stereocenters. The molecule has 35 heavy (non-hydrogen) atoms. The van der Waals surface area contributed by atoms with Gasteiger partial charge in [-0.15, -0.1) is 23.5 Å². The van der Waals surface area contributed by atoms with Crippen molar-refractivity contribution in [3.05, 3.63) is 75.1 Å². The molecule has 9 nitrogen and oxygen atoms in total. The van der Waals surface area contributed by atoms with Crippen molar-refractivity contribution in [3.63, 3.8) is 0 Å². The van der Waals surface area contributed by atoms with Crippen molar-refractivity contribution in [1.82, 2.24) is 4.90 Å². The first kappa shape index (κ1) is 25.2. The largest absolute Gasteiger partial charge is 0.456 e. The molecule has 4 rings (SSSR count). The smallest absolute Gasteiger partial charge is 0.356 e. The number of ether oxygens (including phenoxy) is 1. The van der Waals surface area contributed by atoms with E-state index < -0.39 is 10.9 Å². The third kappa shape index (κ3) is 5.52. The molecule has 184 valence electrons. The number of pyridine rings is 1. The first-order chi connectivity index (χ1) is 16.9. The van der Waals surface area contributed by atoms with E-state index in [-0.39, 0.29) is 42.5 Å². The van der Waals surface area contributed by atoms with Gasteiger partial charge in [-0.3, -0.25) is 14.9 Å². The zero-order valence-corrected chi connectivity index (χ0v) is 20.8. The zero-order valence-electron chi connectivity index (χ0n) is 19.2. The highest BCUT2D eigenvalue weighted by Gasteiger charge is 2.53. The number of β-lactam (4-membered cyclic amide) rings is 1. The monoisotopic (exact) mass is 516 g/mol. The Balaban J connectivity index is 1.48. The summed E-state index contributed by atoms with van der Waals surface area (Å²) in [7, 11) is 0. The van der Waals surface area contributed by atoms with Crippen LogP contribution in [0.5, 0.6) is 0 Å². The first-order valence-corrected chi connectivity index (χ1v) is 13.4. The molecule has 1 aromatic heterocycles. The van der Waals surface area contributed by atoms with Gasteiger partial charge >= 0.3 is 5.97 Å². The SMILES string of the molecule is CSc1cc[n+](CCSC2=C(C(=O)OCc3ccc([N+](=O)[O-])cc3)N3C(=O)C[C@@H]3C2CCO)cc1. The third-order valence-electron chi connectivity index (χ3n) is 6.11. The van der Waals surface area contributed by atoms with Gasteiger partial charge in [0.1, 0.15) is 12.3 Å². The van der Waals surface area contributed by atoms with Crippen molar-refractivity contribution < 1.29 is 28.9 Å². The van der Waals surface area contributed by atoms with E-state index in [1.165, 1.54) is 45.8 Å². The number of benzene rings is 1. The second-order valence-electron chi connectivity index (χ2n) is 8.19. The number of non-ortho nitro benzene ring substituents is 1. The van der Waals surface area contributed by atoms with Crippen LogP contribution >= 0.6 is 23.5 Å². The summed E-state index contributed by atoms with van der Waals surface area (Å²) in [4.78, 5) is 39.3. The third-order valence-corrected chi connectivity index (χ3v) is 8.05. The zero-order chi connectivity index (χ0) is 24.9. The Morgan fingerprint density at radius 2 is 1.97 bits per heavy atom. The van der Waals surface area contributed by atoms with Gasteiger partial charge in [-0.1, -0.05) is 0 Å². The van der Waals surface area contributed by atoms with Crippen molar-refractivity contribution in [1.29, 1.82) is 0 Å². The molecule has 1 N–H and O–H groups in total. The van der Waals surface area contributed by atoms with Gasteiger partial charge < -0.3 is 14.7 Å². The molecule has 1 saturated heterocycles. The minimum absolute atomic E-state index is 0.0384. The average Bonchev–Trinajstić information content (AvgIpc) is 3.11. The quantitative estimate of drug-likeness (QED) is 0.121. The van der Waals surface area contributed by atoms with Gasteiger partial charge in [0.05, 0.1) is 16.7 Å². The summed E-state index contributed by atoms with van der Waals surface area (Å²) >= 11 is 3.20. The first-order valence-electron chi connectivity index (χ1n) is 11.2. The summed E-state index contributed by atoms with van der Waals surface area (Å²) in [6.45, 7) is 0.620. The van der Waals surface area contributed by atoms with Gasteiger partial charge in [-0.25, -0.2) is 9.36 Å². The van der Waals surface area contributed by atoms with Crippen molar-refractivity contribution in [2.45, 2.75) is 36.9 Å². The van der Waals surface area contributed by atoms with Gasteiger partial charge in [-0.2, -0.15) is 0 Å². The molecule has 2 atom stereocenters. The molecule has 11 heteroatoms. The molecular weight excluding hydrogens is 490 g/mol. The number of aromatic nitrogens is 1. The van der Waals surface area contributed by atoms with Crippen LogP contribution in [0.25, 0.3) is 0 Å². The minimum Gasteiger partial charge on any atom is -0.456 e. The molecule has 2 aliphatic heterocycles. The Hall–Kier alpha value is -2.89. The lowest BCUT2D eigenvalue weighted by Crippen LogP contribution is -2.52. The Kier molecular flexibility index (Phi) is 8.09. The van der Waals surface area contributed by atoms with Gasteiger partial charge in [0.25, 0.3) is 5.69 Å². The lowest BCUT2D eigenvalue weighted by Gasteiger charge is -2.38. The number of nitro groups is 1. The van der Waals surface area contributed by atoms with E-state index in [1.807, 2.05) is 30.8 Å². The van der Waals surface area contributed by atoms with Crippen LogP contribution in [0.15, 0.2) is 64.3 Å². The second kappa shape index (κ2) is 11.2. The molecule has 1 amide bonds. The van der Waals surface area contributed by atoms with Crippen LogP contribution in [0, 0.1) is 16.0 Å². The molecule has 2 aromatic rings. The number of aliphatic hydroxyl groups excluding tert-OH is 1. The maximum Gasteiger partial charge on any atom is 0.356 e. The minimum atomic E-state index is -0.596. The van der Waals surface area contributed by atoms with Crippen LogP contribution in [0.2, 0.25) is 0 Å². The standard InChI is InChI=1S/C24H26N3O6S2/c1-34-18-6-9-25(10-7-18)11-13-35-23-19(8-12-28)20-14-21(29)26(20)22(23)24(30)33-15-16-2-4-17(5-3-16)27(31)32/h2-7,9-10,19-20,28H,8,11-15H2,1H3/q+1/t19?,20-/m1/s1. The number of aryl methyl sites for hydroxylation is 1. The molecular formula is C24H26N3O6S2+. The van der Waals surface area contributed by atoms with Gasteiger partial charge in [-0.05, 0) is 30.4 Å². The van der Waals surface area contributed by atoms with Crippen LogP contribution in [0.1, 0.15) is 18.4 Å². The van der Waals surface area contributed by atoms with Crippen LogP contribution in [0.3, 0.4) is 0 Å². The summed E-state index contributed by atoms with van der Waals surface area (Å²) < 4.78 is 7.58.